The number of hydrogen-bond acceptors (Lipinski definition) is 7. The van der Waals surface area contributed by atoms with Gasteiger partial charge in [-0.15, -0.1) is 0 Å². The zero-order valence-electron chi connectivity index (χ0n) is 19.6. The molecule has 2 aromatic heterocycles. The predicted molar refractivity (Wildman–Crippen MR) is 125 cm³/mol. The number of halogens is 1. The first-order chi connectivity index (χ1) is 16.6. The van der Waals surface area contributed by atoms with E-state index in [1.165, 1.54) is 6.07 Å². The van der Waals surface area contributed by atoms with E-state index >= 15 is 0 Å². The molecule has 4 heterocycles. The molecule has 4 N–H and O–H groups in total. The summed E-state index contributed by atoms with van der Waals surface area (Å²) in [7, 11) is 0. The summed E-state index contributed by atoms with van der Waals surface area (Å²) in [6, 6.07) is 3.03. The maximum atomic E-state index is 14.9. The Bertz CT molecular complexity index is 1530. The molecule has 8 nitrogen and oxygen atoms in total. The predicted octanol–water partition coefficient (Wildman–Crippen LogP) is 2.01. The standard InChI is InChI=1S/C26H26FN3O5/c1-3-26(34)16-8-19-22-14(10-30(19)23(32)15(16)11-35-24(26)33)21-20-13(4-5-25(21,28)6-7-31)12(2)17(27)9-18(20)29-22/h8-9,31,34H,3-7,10-11,28H2,1-2H3/t25-,26-/m0/s1. The first-order valence-corrected chi connectivity index (χ1v) is 11.9. The normalized spacial score (nSPS) is 24.2. The minimum atomic E-state index is -1.93. The van der Waals surface area contributed by atoms with Gasteiger partial charge in [-0.1, -0.05) is 6.92 Å². The van der Waals surface area contributed by atoms with Crippen LogP contribution in [0, 0.1) is 12.7 Å². The van der Waals surface area contributed by atoms with Crippen molar-refractivity contribution in [2.75, 3.05) is 6.61 Å². The fraction of sp³-hybridized carbons (Fsp3) is 0.423. The van der Waals surface area contributed by atoms with Crippen LogP contribution in [-0.4, -0.2) is 32.3 Å². The number of cyclic esters (lactones) is 1. The number of aliphatic hydroxyl groups excluding tert-OH is 1. The maximum Gasteiger partial charge on any atom is 0.343 e. The molecule has 1 aromatic carbocycles. The van der Waals surface area contributed by atoms with E-state index in [4.69, 9.17) is 15.5 Å². The van der Waals surface area contributed by atoms with E-state index in [9.17, 15) is 24.2 Å². The maximum absolute atomic E-state index is 14.9. The number of aliphatic hydroxyl groups is 2. The van der Waals surface area contributed by atoms with Gasteiger partial charge >= 0.3 is 5.97 Å². The number of aromatic nitrogens is 2. The number of nitrogens with two attached hydrogens (primary N) is 1. The fourth-order valence-electron chi connectivity index (χ4n) is 6.17. The molecular weight excluding hydrogens is 453 g/mol. The Kier molecular flexibility index (Phi) is 4.59. The Labute approximate surface area is 200 Å². The molecule has 1 aliphatic carbocycles. The minimum Gasteiger partial charge on any atom is -0.458 e. The second-order valence-corrected chi connectivity index (χ2v) is 9.90. The molecule has 9 heteroatoms. The van der Waals surface area contributed by atoms with Crippen LogP contribution in [0.15, 0.2) is 16.9 Å². The van der Waals surface area contributed by atoms with Gasteiger partial charge in [-0.05, 0) is 55.4 Å². The van der Waals surface area contributed by atoms with Crippen LogP contribution in [0.3, 0.4) is 0 Å². The number of pyridine rings is 2. The summed E-state index contributed by atoms with van der Waals surface area (Å²) in [4.78, 5) is 30.8. The summed E-state index contributed by atoms with van der Waals surface area (Å²) in [6.07, 6.45) is 1.44. The lowest BCUT2D eigenvalue weighted by atomic mass is 9.72. The van der Waals surface area contributed by atoms with Crippen molar-refractivity contribution in [3.05, 3.63) is 61.7 Å². The molecule has 3 aromatic rings. The van der Waals surface area contributed by atoms with Gasteiger partial charge in [0.25, 0.3) is 5.56 Å². The third-order valence-electron chi connectivity index (χ3n) is 8.18. The number of fused-ring (bicyclic) bond motifs is 5. The lowest BCUT2D eigenvalue weighted by Gasteiger charge is -2.37. The highest BCUT2D eigenvalue weighted by atomic mass is 19.1. The summed E-state index contributed by atoms with van der Waals surface area (Å²) >= 11 is 0. The van der Waals surface area contributed by atoms with E-state index < -0.39 is 17.1 Å². The Morgan fingerprint density at radius 1 is 1.26 bits per heavy atom. The molecule has 0 radical (unpaired) electrons. The molecule has 0 fully saturated rings. The number of nitrogens with zero attached hydrogens (tertiary/aromatic N) is 2. The summed E-state index contributed by atoms with van der Waals surface area (Å²) in [5.74, 6) is -1.15. The highest BCUT2D eigenvalue weighted by Gasteiger charge is 2.46. The first kappa shape index (κ1) is 22.3. The zero-order valence-corrected chi connectivity index (χ0v) is 19.6. The third kappa shape index (κ3) is 2.74. The fourth-order valence-corrected chi connectivity index (χ4v) is 6.17. The SMILES string of the molecule is CC[C@@]1(O)C(=O)OCc2c1cc1n(c2=O)Cc2c-1nc1cc(F)c(C)c3c1c2[C@@](N)(CCO)CC3. The lowest BCUT2D eigenvalue weighted by Crippen LogP contribution is -2.44. The highest BCUT2D eigenvalue weighted by Crippen LogP contribution is 2.48. The summed E-state index contributed by atoms with van der Waals surface area (Å²) < 4.78 is 21.6. The van der Waals surface area contributed by atoms with Crippen molar-refractivity contribution in [3.8, 4) is 11.4 Å². The van der Waals surface area contributed by atoms with Crippen molar-refractivity contribution in [1.29, 1.82) is 0 Å². The van der Waals surface area contributed by atoms with Gasteiger partial charge in [0.05, 0.1) is 29.0 Å². The number of benzene rings is 1. The van der Waals surface area contributed by atoms with Crippen LogP contribution in [0.2, 0.25) is 0 Å². The van der Waals surface area contributed by atoms with Gasteiger partial charge in [0.1, 0.15) is 12.4 Å². The average molecular weight is 480 g/mol. The topological polar surface area (TPSA) is 128 Å². The molecule has 182 valence electrons. The molecule has 0 saturated heterocycles. The number of aryl methyl sites for hydroxylation is 1. The Morgan fingerprint density at radius 3 is 2.74 bits per heavy atom. The van der Waals surface area contributed by atoms with Gasteiger partial charge in [-0.25, -0.2) is 14.2 Å². The molecular formula is C26H26FN3O5. The van der Waals surface area contributed by atoms with Crippen LogP contribution in [0.4, 0.5) is 4.39 Å². The van der Waals surface area contributed by atoms with Gasteiger partial charge in [-0.3, -0.25) is 4.79 Å². The van der Waals surface area contributed by atoms with Gasteiger partial charge in [-0.2, -0.15) is 0 Å². The van der Waals surface area contributed by atoms with E-state index in [0.717, 1.165) is 22.1 Å². The molecule has 6 rings (SSSR count). The number of hydrogen-bond donors (Lipinski definition) is 3. The molecule has 35 heavy (non-hydrogen) atoms. The molecule has 0 amide bonds. The monoisotopic (exact) mass is 479 g/mol. The molecule has 2 atom stereocenters. The van der Waals surface area contributed by atoms with Gasteiger partial charge in [0, 0.05) is 34.7 Å². The van der Waals surface area contributed by atoms with Crippen molar-refractivity contribution in [1.82, 2.24) is 9.55 Å². The Morgan fingerprint density at radius 2 is 2.03 bits per heavy atom. The van der Waals surface area contributed by atoms with Gasteiger partial charge in [0.2, 0.25) is 0 Å². The molecule has 2 aliphatic heterocycles. The van der Waals surface area contributed by atoms with E-state index in [0.29, 0.717) is 41.7 Å². The lowest BCUT2D eigenvalue weighted by molar-refractivity contribution is -0.172. The second kappa shape index (κ2) is 7.19. The molecule has 0 unspecified atom stereocenters. The summed E-state index contributed by atoms with van der Waals surface area (Å²) in [5, 5.41) is 21.7. The van der Waals surface area contributed by atoms with Gasteiger partial charge < -0.3 is 25.3 Å². The first-order valence-electron chi connectivity index (χ1n) is 11.9. The van der Waals surface area contributed by atoms with Crippen molar-refractivity contribution in [2.45, 2.75) is 63.8 Å². The third-order valence-corrected chi connectivity index (χ3v) is 8.18. The molecule has 3 aliphatic rings. The number of carbonyl (C=O) groups is 1. The van der Waals surface area contributed by atoms with Gasteiger partial charge in [0.15, 0.2) is 5.60 Å². The number of ether oxygens (including phenoxy) is 1. The molecule has 0 bridgehead atoms. The second-order valence-electron chi connectivity index (χ2n) is 9.90. The van der Waals surface area contributed by atoms with Crippen LogP contribution >= 0.6 is 0 Å². The van der Waals surface area contributed by atoms with Crippen LogP contribution in [-0.2, 0) is 40.2 Å². The van der Waals surface area contributed by atoms with E-state index in [1.54, 1.807) is 24.5 Å². The van der Waals surface area contributed by atoms with E-state index in [-0.39, 0.29) is 48.7 Å². The van der Waals surface area contributed by atoms with Crippen molar-refractivity contribution in [3.63, 3.8) is 0 Å². The minimum absolute atomic E-state index is 0.0429. The molecule has 0 spiro atoms. The van der Waals surface area contributed by atoms with Crippen molar-refractivity contribution < 1.29 is 24.1 Å². The van der Waals surface area contributed by atoms with Crippen molar-refractivity contribution >= 4 is 16.9 Å². The van der Waals surface area contributed by atoms with E-state index in [2.05, 4.69) is 0 Å². The molecule has 0 saturated carbocycles. The van der Waals surface area contributed by atoms with Crippen LogP contribution in [0.1, 0.15) is 59.6 Å². The number of esters is 1. The largest absolute Gasteiger partial charge is 0.458 e. The number of rotatable bonds is 3. The summed E-state index contributed by atoms with van der Waals surface area (Å²) in [6.45, 7) is 3.26. The van der Waals surface area contributed by atoms with E-state index in [1.807, 2.05) is 0 Å². The van der Waals surface area contributed by atoms with Crippen LogP contribution in [0.5, 0.6) is 0 Å². The highest BCUT2D eigenvalue weighted by molar-refractivity contribution is 5.93. The smallest absolute Gasteiger partial charge is 0.343 e. The average Bonchev–Trinajstić information content (AvgIpc) is 3.19. The zero-order chi connectivity index (χ0) is 24.9. The van der Waals surface area contributed by atoms with Crippen LogP contribution < -0.4 is 11.3 Å². The quantitative estimate of drug-likeness (QED) is 0.384. The van der Waals surface area contributed by atoms with Crippen molar-refractivity contribution in [2.24, 2.45) is 5.73 Å². The van der Waals surface area contributed by atoms with Crippen LogP contribution in [0.25, 0.3) is 22.3 Å². The number of carbonyl (C=O) groups excluding carboxylic acids is 1. The Balaban J connectivity index is 1.71. The summed E-state index contributed by atoms with van der Waals surface area (Å²) in [5.41, 5.74) is 8.52. The Hall–Kier alpha value is -3.14.